The molecule has 0 aromatic heterocycles. The summed E-state index contributed by atoms with van der Waals surface area (Å²) < 4.78 is 0. The first-order valence-electron chi connectivity index (χ1n) is 6.97. The number of rotatable bonds is 6. The van der Waals surface area contributed by atoms with E-state index >= 15 is 0 Å². The van der Waals surface area contributed by atoms with Crippen molar-refractivity contribution in [1.82, 2.24) is 0 Å². The van der Waals surface area contributed by atoms with E-state index in [2.05, 4.69) is 18.7 Å². The monoisotopic (exact) mass is 256 g/mol. The lowest BCUT2D eigenvalue weighted by molar-refractivity contribution is -0.138. The second-order valence-electron chi connectivity index (χ2n) is 5.94. The Morgan fingerprint density at radius 2 is 2.18 bits per heavy atom. The summed E-state index contributed by atoms with van der Waals surface area (Å²) in [5.41, 5.74) is 0.176. The van der Waals surface area contributed by atoms with Crippen LogP contribution in [0.1, 0.15) is 58.3 Å². The third kappa shape index (κ3) is 3.90. The zero-order valence-corrected chi connectivity index (χ0v) is 11.6. The van der Waals surface area contributed by atoms with Crippen molar-refractivity contribution in [3.05, 3.63) is 0 Å². The van der Waals surface area contributed by atoms with E-state index in [0.717, 1.165) is 29.8 Å². The van der Waals surface area contributed by atoms with Gasteiger partial charge in [-0.2, -0.15) is 11.8 Å². The van der Waals surface area contributed by atoms with Crippen LogP contribution in [-0.2, 0) is 4.79 Å². The van der Waals surface area contributed by atoms with Gasteiger partial charge in [0.05, 0.1) is 6.42 Å². The summed E-state index contributed by atoms with van der Waals surface area (Å²) in [6, 6.07) is 0. The third-order valence-corrected chi connectivity index (χ3v) is 6.10. The van der Waals surface area contributed by atoms with Crippen molar-refractivity contribution in [3.63, 3.8) is 0 Å². The molecular weight excluding hydrogens is 232 g/mol. The molecule has 2 fully saturated rings. The van der Waals surface area contributed by atoms with E-state index in [-0.39, 0.29) is 5.41 Å². The molecule has 0 amide bonds. The fourth-order valence-electron chi connectivity index (χ4n) is 2.93. The number of carbonyl (C=O) groups is 1. The summed E-state index contributed by atoms with van der Waals surface area (Å²) in [6.45, 7) is 2.30. The molecular formula is C14H24O2S. The second-order valence-corrected chi connectivity index (χ2v) is 7.23. The average molecular weight is 256 g/mol. The van der Waals surface area contributed by atoms with Gasteiger partial charge in [-0.15, -0.1) is 0 Å². The van der Waals surface area contributed by atoms with Crippen molar-refractivity contribution in [3.8, 4) is 0 Å². The smallest absolute Gasteiger partial charge is 0.303 e. The van der Waals surface area contributed by atoms with Gasteiger partial charge in [-0.05, 0) is 42.8 Å². The summed E-state index contributed by atoms with van der Waals surface area (Å²) in [4.78, 5) is 10.8. The van der Waals surface area contributed by atoms with Gasteiger partial charge in [0, 0.05) is 5.25 Å². The van der Waals surface area contributed by atoms with Crippen LogP contribution in [0.2, 0.25) is 0 Å². The fourth-order valence-corrected chi connectivity index (χ4v) is 4.65. The summed E-state index contributed by atoms with van der Waals surface area (Å²) in [6.07, 6.45) is 9.48. The maximum Gasteiger partial charge on any atom is 0.303 e. The van der Waals surface area contributed by atoms with Crippen LogP contribution in [0.5, 0.6) is 0 Å². The SMILES string of the molecule is CCC1CCCC(SCC2(CC(=O)O)CC2)C1. The van der Waals surface area contributed by atoms with E-state index in [4.69, 9.17) is 5.11 Å². The molecule has 0 bridgehead atoms. The number of carboxylic acids is 1. The normalized spacial score (nSPS) is 31.1. The molecule has 2 nitrogen and oxygen atoms in total. The number of hydrogen-bond acceptors (Lipinski definition) is 2. The lowest BCUT2D eigenvalue weighted by Crippen LogP contribution is -2.19. The molecule has 2 aliphatic carbocycles. The summed E-state index contributed by atoms with van der Waals surface area (Å²) in [7, 11) is 0. The van der Waals surface area contributed by atoms with E-state index in [9.17, 15) is 4.79 Å². The summed E-state index contributed by atoms with van der Waals surface area (Å²) in [5.74, 6) is 1.40. The number of hydrogen-bond donors (Lipinski definition) is 1. The van der Waals surface area contributed by atoms with Gasteiger partial charge in [0.1, 0.15) is 0 Å². The minimum atomic E-state index is -0.613. The third-order valence-electron chi connectivity index (χ3n) is 4.42. The Balaban J connectivity index is 1.72. The molecule has 2 unspecified atom stereocenters. The van der Waals surface area contributed by atoms with Gasteiger partial charge >= 0.3 is 5.97 Å². The molecule has 1 N–H and O–H groups in total. The predicted molar refractivity (Wildman–Crippen MR) is 72.4 cm³/mol. The first kappa shape index (κ1) is 13.3. The number of thioether (sulfide) groups is 1. The van der Waals surface area contributed by atoms with Gasteiger partial charge < -0.3 is 5.11 Å². The van der Waals surface area contributed by atoms with Crippen LogP contribution in [0.4, 0.5) is 0 Å². The van der Waals surface area contributed by atoms with Gasteiger partial charge in [0.25, 0.3) is 0 Å². The van der Waals surface area contributed by atoms with E-state index in [0.29, 0.717) is 6.42 Å². The molecule has 0 spiro atoms. The molecule has 0 aromatic carbocycles. The highest BCUT2D eigenvalue weighted by Crippen LogP contribution is 2.52. The Morgan fingerprint density at radius 3 is 2.76 bits per heavy atom. The molecule has 0 saturated heterocycles. The standard InChI is InChI=1S/C14H24O2S/c1-2-11-4-3-5-12(8-11)17-10-14(6-7-14)9-13(15)16/h11-12H,2-10H2,1H3,(H,15,16). The van der Waals surface area contributed by atoms with Crippen LogP contribution < -0.4 is 0 Å². The molecule has 0 radical (unpaired) electrons. The maximum atomic E-state index is 10.8. The Labute approximate surface area is 109 Å². The highest BCUT2D eigenvalue weighted by molar-refractivity contribution is 7.99. The second kappa shape index (κ2) is 5.64. The van der Waals surface area contributed by atoms with Gasteiger partial charge in [-0.25, -0.2) is 0 Å². The maximum absolute atomic E-state index is 10.8. The van der Waals surface area contributed by atoms with Crippen LogP contribution in [0.25, 0.3) is 0 Å². The molecule has 2 saturated carbocycles. The molecule has 2 aliphatic rings. The van der Waals surface area contributed by atoms with E-state index in [1.54, 1.807) is 0 Å². The van der Waals surface area contributed by atoms with Gasteiger partial charge in [0.2, 0.25) is 0 Å². The van der Waals surface area contributed by atoms with Gasteiger partial charge in [-0.3, -0.25) is 4.79 Å². The highest BCUT2D eigenvalue weighted by Gasteiger charge is 2.44. The molecule has 2 rings (SSSR count). The molecule has 0 aliphatic heterocycles. The minimum absolute atomic E-state index is 0.176. The van der Waals surface area contributed by atoms with E-state index in [1.165, 1.54) is 32.1 Å². The van der Waals surface area contributed by atoms with Crippen molar-refractivity contribution in [2.45, 2.75) is 63.5 Å². The molecule has 17 heavy (non-hydrogen) atoms. The zero-order chi connectivity index (χ0) is 12.3. The Bertz CT molecular complexity index is 273. The Morgan fingerprint density at radius 1 is 1.41 bits per heavy atom. The highest BCUT2D eigenvalue weighted by atomic mass is 32.2. The van der Waals surface area contributed by atoms with E-state index in [1.807, 2.05) is 0 Å². The van der Waals surface area contributed by atoms with Crippen LogP contribution in [-0.4, -0.2) is 22.1 Å². The Kier molecular flexibility index (Phi) is 4.40. The zero-order valence-electron chi connectivity index (χ0n) is 10.8. The Hall–Kier alpha value is -0.180. The fraction of sp³-hybridized carbons (Fsp3) is 0.929. The molecule has 98 valence electrons. The van der Waals surface area contributed by atoms with Crippen LogP contribution in [0.15, 0.2) is 0 Å². The van der Waals surface area contributed by atoms with Crippen molar-refractivity contribution in [2.24, 2.45) is 11.3 Å². The van der Waals surface area contributed by atoms with Gasteiger partial charge in [-0.1, -0.05) is 26.2 Å². The quantitative estimate of drug-likeness (QED) is 0.782. The molecule has 0 heterocycles. The summed E-state index contributed by atoms with van der Waals surface area (Å²) in [5, 5.41) is 9.70. The minimum Gasteiger partial charge on any atom is -0.481 e. The van der Waals surface area contributed by atoms with Crippen molar-refractivity contribution in [1.29, 1.82) is 0 Å². The summed E-state index contributed by atoms with van der Waals surface area (Å²) >= 11 is 2.06. The first-order chi connectivity index (χ1) is 8.13. The molecule has 2 atom stereocenters. The topological polar surface area (TPSA) is 37.3 Å². The van der Waals surface area contributed by atoms with Crippen molar-refractivity contribution >= 4 is 17.7 Å². The van der Waals surface area contributed by atoms with Crippen LogP contribution in [0, 0.1) is 11.3 Å². The van der Waals surface area contributed by atoms with Crippen molar-refractivity contribution < 1.29 is 9.90 Å². The molecule has 0 aromatic rings. The van der Waals surface area contributed by atoms with Crippen LogP contribution in [0.3, 0.4) is 0 Å². The van der Waals surface area contributed by atoms with Crippen LogP contribution >= 0.6 is 11.8 Å². The first-order valence-corrected chi connectivity index (χ1v) is 8.02. The predicted octanol–water partition coefficient (Wildman–Crippen LogP) is 3.94. The lowest BCUT2D eigenvalue weighted by Gasteiger charge is -2.29. The van der Waals surface area contributed by atoms with Gasteiger partial charge in [0.15, 0.2) is 0 Å². The molecule has 3 heteroatoms. The lowest BCUT2D eigenvalue weighted by atomic mass is 9.87. The number of carboxylic acid groups (broad SMARTS) is 1. The number of aliphatic carboxylic acids is 1. The largest absolute Gasteiger partial charge is 0.481 e. The van der Waals surface area contributed by atoms with E-state index < -0.39 is 5.97 Å². The van der Waals surface area contributed by atoms with Crippen molar-refractivity contribution in [2.75, 3.05) is 5.75 Å². The average Bonchev–Trinajstić information content (AvgIpc) is 3.06.